The van der Waals surface area contributed by atoms with E-state index in [1.807, 2.05) is 37.3 Å². The van der Waals surface area contributed by atoms with E-state index in [0.29, 0.717) is 17.2 Å². The molecule has 0 aliphatic carbocycles. The quantitative estimate of drug-likeness (QED) is 0.655. The van der Waals surface area contributed by atoms with Crippen LogP contribution < -0.4 is 10.2 Å². The van der Waals surface area contributed by atoms with Gasteiger partial charge in [-0.05, 0) is 36.8 Å². The molecule has 0 aliphatic rings. The summed E-state index contributed by atoms with van der Waals surface area (Å²) in [7, 11) is 0. The van der Waals surface area contributed by atoms with Crippen molar-refractivity contribution in [3.05, 3.63) is 65.2 Å². The SMILES string of the molecule is C/C(Cc1ccccc1)=N/NC(=O)COc1ccc(Cl)cc1. The normalized spacial score (nSPS) is 11.1. The molecular formula is C17H17ClN2O2. The zero-order valence-corrected chi connectivity index (χ0v) is 13.0. The Balaban J connectivity index is 1.76. The molecule has 0 atom stereocenters. The van der Waals surface area contributed by atoms with Crippen LogP contribution in [0.1, 0.15) is 12.5 Å². The van der Waals surface area contributed by atoms with Gasteiger partial charge in [-0.25, -0.2) is 5.43 Å². The number of amides is 1. The lowest BCUT2D eigenvalue weighted by atomic mass is 10.1. The van der Waals surface area contributed by atoms with Crippen LogP contribution in [0.3, 0.4) is 0 Å². The lowest BCUT2D eigenvalue weighted by Crippen LogP contribution is -2.25. The molecule has 2 aromatic rings. The number of hydrogen-bond donors (Lipinski definition) is 1. The van der Waals surface area contributed by atoms with Gasteiger partial charge in [-0.2, -0.15) is 5.10 Å². The molecule has 1 amide bonds. The molecule has 0 saturated heterocycles. The predicted molar refractivity (Wildman–Crippen MR) is 88.3 cm³/mol. The highest BCUT2D eigenvalue weighted by atomic mass is 35.5. The van der Waals surface area contributed by atoms with Crippen molar-refractivity contribution in [1.29, 1.82) is 0 Å². The van der Waals surface area contributed by atoms with Gasteiger partial charge in [0.25, 0.3) is 5.91 Å². The summed E-state index contributed by atoms with van der Waals surface area (Å²) in [6.45, 7) is 1.77. The van der Waals surface area contributed by atoms with Crippen LogP contribution in [0.15, 0.2) is 59.7 Å². The molecular weight excluding hydrogens is 300 g/mol. The maximum absolute atomic E-state index is 11.7. The van der Waals surface area contributed by atoms with E-state index in [4.69, 9.17) is 16.3 Å². The van der Waals surface area contributed by atoms with E-state index in [9.17, 15) is 4.79 Å². The lowest BCUT2D eigenvalue weighted by Gasteiger charge is -2.06. The third kappa shape index (κ3) is 5.58. The van der Waals surface area contributed by atoms with Crippen molar-refractivity contribution in [3.8, 4) is 5.75 Å². The first-order valence-corrected chi connectivity index (χ1v) is 7.25. The van der Waals surface area contributed by atoms with E-state index in [-0.39, 0.29) is 12.5 Å². The number of hydrogen-bond acceptors (Lipinski definition) is 3. The van der Waals surface area contributed by atoms with Gasteiger partial charge < -0.3 is 4.74 Å². The Hall–Kier alpha value is -2.33. The molecule has 5 heteroatoms. The molecule has 2 aromatic carbocycles. The summed E-state index contributed by atoms with van der Waals surface area (Å²) in [6, 6.07) is 16.8. The Morgan fingerprint density at radius 2 is 1.82 bits per heavy atom. The molecule has 0 radical (unpaired) electrons. The molecule has 0 unspecified atom stereocenters. The van der Waals surface area contributed by atoms with E-state index >= 15 is 0 Å². The second kappa shape index (κ2) is 8.20. The molecule has 0 spiro atoms. The van der Waals surface area contributed by atoms with Crippen LogP contribution in [-0.2, 0) is 11.2 Å². The Labute approximate surface area is 134 Å². The number of nitrogens with zero attached hydrogens (tertiary/aromatic N) is 1. The van der Waals surface area contributed by atoms with Gasteiger partial charge in [0.2, 0.25) is 0 Å². The van der Waals surface area contributed by atoms with E-state index in [0.717, 1.165) is 11.3 Å². The smallest absolute Gasteiger partial charge is 0.277 e. The minimum absolute atomic E-state index is 0.0935. The Morgan fingerprint density at radius 1 is 1.14 bits per heavy atom. The van der Waals surface area contributed by atoms with Crippen LogP contribution in [0, 0.1) is 0 Å². The average molecular weight is 317 g/mol. The van der Waals surface area contributed by atoms with Gasteiger partial charge in [-0.3, -0.25) is 4.79 Å². The summed E-state index contributed by atoms with van der Waals surface area (Å²) in [5.74, 6) is 0.284. The molecule has 0 heterocycles. The zero-order valence-electron chi connectivity index (χ0n) is 12.3. The van der Waals surface area contributed by atoms with Crippen molar-refractivity contribution >= 4 is 23.2 Å². The van der Waals surface area contributed by atoms with Crippen LogP contribution in [0.25, 0.3) is 0 Å². The standard InChI is InChI=1S/C17H17ClN2O2/c1-13(11-14-5-3-2-4-6-14)19-20-17(21)12-22-16-9-7-15(18)8-10-16/h2-10H,11-12H2,1H3,(H,20,21)/b19-13-. The van der Waals surface area contributed by atoms with E-state index in [1.165, 1.54) is 0 Å². The minimum Gasteiger partial charge on any atom is -0.484 e. The van der Waals surface area contributed by atoms with Gasteiger partial charge in [0.1, 0.15) is 5.75 Å². The Kier molecular flexibility index (Phi) is 5.98. The second-order valence-electron chi connectivity index (χ2n) is 4.79. The average Bonchev–Trinajstić information content (AvgIpc) is 2.53. The fourth-order valence-electron chi connectivity index (χ4n) is 1.80. The summed E-state index contributed by atoms with van der Waals surface area (Å²) >= 11 is 5.77. The molecule has 22 heavy (non-hydrogen) atoms. The van der Waals surface area contributed by atoms with Crippen molar-refractivity contribution in [2.75, 3.05) is 6.61 Å². The number of ether oxygens (including phenoxy) is 1. The highest BCUT2D eigenvalue weighted by molar-refractivity contribution is 6.30. The van der Waals surface area contributed by atoms with E-state index in [2.05, 4.69) is 10.5 Å². The molecule has 0 aromatic heterocycles. The summed E-state index contributed by atoms with van der Waals surface area (Å²) in [4.78, 5) is 11.7. The van der Waals surface area contributed by atoms with Crippen molar-refractivity contribution in [1.82, 2.24) is 5.43 Å². The fourth-order valence-corrected chi connectivity index (χ4v) is 1.93. The van der Waals surface area contributed by atoms with Gasteiger partial charge in [0.05, 0.1) is 0 Å². The van der Waals surface area contributed by atoms with Crippen molar-refractivity contribution in [3.63, 3.8) is 0 Å². The predicted octanol–water partition coefficient (Wildman–Crippen LogP) is 3.45. The highest BCUT2D eigenvalue weighted by Gasteiger charge is 2.02. The topological polar surface area (TPSA) is 50.7 Å². The number of carbonyl (C=O) groups excluding carboxylic acids is 1. The van der Waals surface area contributed by atoms with Crippen LogP contribution in [-0.4, -0.2) is 18.2 Å². The molecule has 114 valence electrons. The van der Waals surface area contributed by atoms with Crippen molar-refractivity contribution in [2.24, 2.45) is 5.10 Å². The third-order valence-corrected chi connectivity index (χ3v) is 3.11. The molecule has 0 fully saturated rings. The van der Waals surface area contributed by atoms with Gasteiger partial charge >= 0.3 is 0 Å². The Morgan fingerprint density at radius 3 is 2.50 bits per heavy atom. The molecule has 2 rings (SSSR count). The highest BCUT2D eigenvalue weighted by Crippen LogP contribution is 2.15. The second-order valence-corrected chi connectivity index (χ2v) is 5.22. The van der Waals surface area contributed by atoms with Crippen molar-refractivity contribution < 1.29 is 9.53 Å². The first-order chi connectivity index (χ1) is 10.6. The largest absolute Gasteiger partial charge is 0.484 e. The molecule has 0 aliphatic heterocycles. The first kappa shape index (κ1) is 16.0. The number of hydrazone groups is 1. The maximum atomic E-state index is 11.7. The third-order valence-electron chi connectivity index (χ3n) is 2.86. The Bertz CT molecular complexity index is 639. The van der Waals surface area contributed by atoms with Crippen LogP contribution >= 0.6 is 11.6 Å². The minimum atomic E-state index is -0.303. The van der Waals surface area contributed by atoms with Gasteiger partial charge in [-0.15, -0.1) is 0 Å². The number of halogens is 1. The molecule has 0 saturated carbocycles. The molecule has 1 N–H and O–H groups in total. The number of carbonyl (C=O) groups is 1. The van der Waals surface area contributed by atoms with E-state index < -0.39 is 0 Å². The molecule has 4 nitrogen and oxygen atoms in total. The van der Waals surface area contributed by atoms with Crippen LogP contribution in [0.2, 0.25) is 5.02 Å². The summed E-state index contributed by atoms with van der Waals surface area (Å²) in [5, 5.41) is 4.68. The first-order valence-electron chi connectivity index (χ1n) is 6.88. The van der Waals surface area contributed by atoms with Gasteiger partial charge in [0.15, 0.2) is 6.61 Å². The molecule has 0 bridgehead atoms. The summed E-state index contributed by atoms with van der Waals surface area (Å²) in [5.41, 5.74) is 4.46. The van der Waals surface area contributed by atoms with Crippen LogP contribution in [0.5, 0.6) is 5.75 Å². The lowest BCUT2D eigenvalue weighted by molar-refractivity contribution is -0.123. The zero-order chi connectivity index (χ0) is 15.8. The fraction of sp³-hybridized carbons (Fsp3) is 0.176. The monoisotopic (exact) mass is 316 g/mol. The summed E-state index contributed by atoms with van der Waals surface area (Å²) in [6.07, 6.45) is 0.694. The summed E-state index contributed by atoms with van der Waals surface area (Å²) < 4.78 is 5.33. The van der Waals surface area contributed by atoms with Crippen LogP contribution in [0.4, 0.5) is 0 Å². The number of benzene rings is 2. The van der Waals surface area contributed by atoms with Gasteiger partial charge in [0, 0.05) is 17.2 Å². The number of rotatable bonds is 6. The maximum Gasteiger partial charge on any atom is 0.277 e. The van der Waals surface area contributed by atoms with E-state index in [1.54, 1.807) is 24.3 Å². The van der Waals surface area contributed by atoms with Gasteiger partial charge in [-0.1, -0.05) is 41.9 Å². The number of nitrogens with one attached hydrogen (secondary N) is 1. The van der Waals surface area contributed by atoms with Crippen molar-refractivity contribution in [2.45, 2.75) is 13.3 Å².